The molecule has 0 amide bonds. The van der Waals surface area contributed by atoms with E-state index in [9.17, 15) is 4.79 Å². The maximum Gasteiger partial charge on any atom is 0.161 e. The molecule has 0 radical (unpaired) electrons. The molecule has 0 saturated carbocycles. The lowest BCUT2D eigenvalue weighted by atomic mass is 10.2. The standard InChI is InChI=1S/C14H15NO/c1-11-8-15(10-14(11)12(2)16)9-13-6-4-3-5-7-13/h3-8,10H,9H2,1-2H3. The number of hydrogen-bond acceptors (Lipinski definition) is 1. The maximum atomic E-state index is 11.3. The number of nitrogens with zero attached hydrogens (tertiary/aromatic N) is 1. The van der Waals surface area contributed by atoms with E-state index in [0.717, 1.165) is 17.7 Å². The lowest BCUT2D eigenvalue weighted by molar-refractivity contribution is 0.101. The van der Waals surface area contributed by atoms with E-state index in [1.165, 1.54) is 5.56 Å². The second kappa shape index (κ2) is 4.35. The third kappa shape index (κ3) is 2.22. The predicted octanol–water partition coefficient (Wildman–Crippen LogP) is 3.05. The molecule has 2 nitrogen and oxygen atoms in total. The van der Waals surface area contributed by atoms with Gasteiger partial charge < -0.3 is 4.57 Å². The zero-order valence-corrected chi connectivity index (χ0v) is 9.60. The molecular formula is C14H15NO. The second-order valence-electron chi connectivity index (χ2n) is 4.07. The second-order valence-corrected chi connectivity index (χ2v) is 4.07. The minimum absolute atomic E-state index is 0.129. The SMILES string of the molecule is CC(=O)c1cn(Cc2ccccc2)cc1C. The summed E-state index contributed by atoms with van der Waals surface area (Å²) in [5, 5.41) is 0. The molecule has 16 heavy (non-hydrogen) atoms. The molecule has 0 N–H and O–H groups in total. The van der Waals surface area contributed by atoms with E-state index in [2.05, 4.69) is 16.7 Å². The first-order valence-corrected chi connectivity index (χ1v) is 5.38. The molecule has 0 aliphatic carbocycles. The summed E-state index contributed by atoms with van der Waals surface area (Å²) in [5.41, 5.74) is 3.10. The zero-order valence-electron chi connectivity index (χ0n) is 9.60. The molecule has 2 aromatic rings. The number of Topliss-reactive ketones (excluding diaryl/α,β-unsaturated/α-hetero) is 1. The molecule has 0 atom stereocenters. The molecule has 1 aromatic heterocycles. The summed E-state index contributed by atoms with van der Waals surface area (Å²) in [7, 11) is 0. The normalized spacial score (nSPS) is 10.4. The van der Waals surface area contributed by atoms with Gasteiger partial charge in [-0.05, 0) is 25.0 Å². The van der Waals surface area contributed by atoms with Gasteiger partial charge in [0.15, 0.2) is 5.78 Å². The van der Waals surface area contributed by atoms with Crippen LogP contribution < -0.4 is 0 Å². The van der Waals surface area contributed by atoms with Gasteiger partial charge in [-0.2, -0.15) is 0 Å². The van der Waals surface area contributed by atoms with Gasteiger partial charge in [0.2, 0.25) is 0 Å². The van der Waals surface area contributed by atoms with Crippen LogP contribution >= 0.6 is 0 Å². The minimum Gasteiger partial charge on any atom is -0.349 e. The molecule has 0 saturated heterocycles. The Hall–Kier alpha value is -1.83. The number of carbonyl (C=O) groups is 1. The van der Waals surface area contributed by atoms with Gasteiger partial charge in [-0.25, -0.2) is 0 Å². The number of benzene rings is 1. The first-order chi connectivity index (χ1) is 7.66. The summed E-state index contributed by atoms with van der Waals surface area (Å²) in [6.07, 6.45) is 3.94. The molecule has 1 aromatic carbocycles. The van der Waals surface area contributed by atoms with Gasteiger partial charge in [0.1, 0.15) is 0 Å². The van der Waals surface area contributed by atoms with Crippen molar-refractivity contribution in [1.82, 2.24) is 4.57 Å². The van der Waals surface area contributed by atoms with Crippen LogP contribution in [0, 0.1) is 6.92 Å². The van der Waals surface area contributed by atoms with Crippen LogP contribution in [0.2, 0.25) is 0 Å². The Bertz CT molecular complexity index is 497. The summed E-state index contributed by atoms with van der Waals surface area (Å²) in [4.78, 5) is 11.3. The number of aromatic nitrogens is 1. The summed E-state index contributed by atoms with van der Waals surface area (Å²) in [6.45, 7) is 4.39. The first kappa shape index (κ1) is 10.7. The van der Waals surface area contributed by atoms with Crippen molar-refractivity contribution < 1.29 is 4.79 Å². The number of rotatable bonds is 3. The smallest absolute Gasteiger partial charge is 0.161 e. The number of aryl methyl sites for hydroxylation is 1. The molecule has 0 spiro atoms. The Morgan fingerprint density at radius 3 is 2.44 bits per heavy atom. The van der Waals surface area contributed by atoms with E-state index in [0.29, 0.717) is 0 Å². The Morgan fingerprint density at radius 1 is 1.19 bits per heavy atom. The highest BCUT2D eigenvalue weighted by Crippen LogP contribution is 2.12. The van der Waals surface area contributed by atoms with E-state index in [4.69, 9.17) is 0 Å². The number of carbonyl (C=O) groups excluding carboxylic acids is 1. The van der Waals surface area contributed by atoms with Crippen LogP contribution in [0.3, 0.4) is 0 Å². The van der Waals surface area contributed by atoms with Crippen LogP contribution in [0.15, 0.2) is 42.7 Å². The fourth-order valence-electron chi connectivity index (χ4n) is 1.88. The van der Waals surface area contributed by atoms with Gasteiger partial charge in [0.25, 0.3) is 0 Å². The van der Waals surface area contributed by atoms with Crippen LogP contribution in [0.1, 0.15) is 28.4 Å². The van der Waals surface area contributed by atoms with E-state index in [-0.39, 0.29) is 5.78 Å². The summed E-state index contributed by atoms with van der Waals surface area (Å²) < 4.78 is 2.06. The average Bonchev–Trinajstić information content (AvgIpc) is 2.61. The highest BCUT2D eigenvalue weighted by molar-refractivity contribution is 5.95. The summed E-state index contributed by atoms with van der Waals surface area (Å²) in [5.74, 6) is 0.129. The monoisotopic (exact) mass is 213 g/mol. The quantitative estimate of drug-likeness (QED) is 0.718. The Balaban J connectivity index is 2.23. The predicted molar refractivity (Wildman–Crippen MR) is 64.7 cm³/mol. The zero-order chi connectivity index (χ0) is 11.5. The van der Waals surface area contributed by atoms with Gasteiger partial charge >= 0.3 is 0 Å². The van der Waals surface area contributed by atoms with Crippen LogP contribution in [0.4, 0.5) is 0 Å². The van der Waals surface area contributed by atoms with E-state index in [1.54, 1.807) is 6.92 Å². The van der Waals surface area contributed by atoms with Crippen molar-refractivity contribution in [2.45, 2.75) is 20.4 Å². The van der Waals surface area contributed by atoms with Crippen molar-refractivity contribution in [2.75, 3.05) is 0 Å². The van der Waals surface area contributed by atoms with Gasteiger partial charge in [-0.1, -0.05) is 30.3 Å². The lowest BCUT2D eigenvalue weighted by Gasteiger charge is -2.01. The van der Waals surface area contributed by atoms with Crippen molar-refractivity contribution in [2.24, 2.45) is 0 Å². The van der Waals surface area contributed by atoms with Crippen LogP contribution in [0.5, 0.6) is 0 Å². The van der Waals surface area contributed by atoms with Crippen molar-refractivity contribution in [3.63, 3.8) is 0 Å². The molecule has 82 valence electrons. The van der Waals surface area contributed by atoms with Gasteiger partial charge in [-0.15, -0.1) is 0 Å². The molecule has 2 rings (SSSR count). The van der Waals surface area contributed by atoms with Crippen LogP contribution in [-0.2, 0) is 6.54 Å². The molecule has 2 heteroatoms. The highest BCUT2D eigenvalue weighted by atomic mass is 16.1. The fraction of sp³-hybridized carbons (Fsp3) is 0.214. The molecule has 0 aliphatic heterocycles. The Labute approximate surface area is 95.5 Å². The molecule has 1 heterocycles. The van der Waals surface area contributed by atoms with Crippen molar-refractivity contribution in [3.05, 3.63) is 59.4 Å². The fourth-order valence-corrected chi connectivity index (χ4v) is 1.88. The van der Waals surface area contributed by atoms with Crippen molar-refractivity contribution in [3.8, 4) is 0 Å². The summed E-state index contributed by atoms with van der Waals surface area (Å²) in [6, 6.07) is 10.2. The number of ketones is 1. The lowest BCUT2D eigenvalue weighted by Crippen LogP contribution is -1.96. The van der Waals surface area contributed by atoms with Gasteiger partial charge in [-0.3, -0.25) is 4.79 Å². The molecule has 0 fully saturated rings. The minimum atomic E-state index is 0.129. The van der Waals surface area contributed by atoms with E-state index in [1.807, 2.05) is 37.5 Å². The van der Waals surface area contributed by atoms with E-state index < -0.39 is 0 Å². The Morgan fingerprint density at radius 2 is 1.88 bits per heavy atom. The topological polar surface area (TPSA) is 22.0 Å². The average molecular weight is 213 g/mol. The van der Waals surface area contributed by atoms with Gasteiger partial charge in [0.05, 0.1) is 0 Å². The third-order valence-electron chi connectivity index (χ3n) is 2.67. The van der Waals surface area contributed by atoms with Crippen molar-refractivity contribution >= 4 is 5.78 Å². The van der Waals surface area contributed by atoms with Crippen LogP contribution in [-0.4, -0.2) is 10.4 Å². The third-order valence-corrected chi connectivity index (χ3v) is 2.67. The molecule has 0 aliphatic rings. The Kier molecular flexibility index (Phi) is 2.91. The van der Waals surface area contributed by atoms with Crippen molar-refractivity contribution in [1.29, 1.82) is 0 Å². The molecule has 0 bridgehead atoms. The maximum absolute atomic E-state index is 11.3. The highest BCUT2D eigenvalue weighted by Gasteiger charge is 2.06. The summed E-state index contributed by atoms with van der Waals surface area (Å²) >= 11 is 0. The van der Waals surface area contributed by atoms with E-state index >= 15 is 0 Å². The first-order valence-electron chi connectivity index (χ1n) is 5.38. The number of hydrogen-bond donors (Lipinski definition) is 0. The molecular weight excluding hydrogens is 198 g/mol. The molecule has 0 unspecified atom stereocenters. The van der Waals surface area contributed by atoms with Crippen LogP contribution in [0.25, 0.3) is 0 Å². The van der Waals surface area contributed by atoms with Gasteiger partial charge in [0, 0.05) is 24.5 Å². The largest absolute Gasteiger partial charge is 0.349 e.